The molecule has 0 saturated heterocycles. The van der Waals surface area contributed by atoms with Gasteiger partial charge in [0.15, 0.2) is 0 Å². The molecule has 2 rings (SSSR count). The molecule has 0 spiro atoms. The molecule has 0 aliphatic heterocycles. The van der Waals surface area contributed by atoms with Crippen LogP contribution in [-0.4, -0.2) is 12.6 Å². The summed E-state index contributed by atoms with van der Waals surface area (Å²) in [5.74, 6) is 0.625. The number of nitrogens with one attached hydrogen (secondary N) is 1. The molecule has 0 bridgehead atoms. The van der Waals surface area contributed by atoms with Crippen molar-refractivity contribution in [1.29, 1.82) is 0 Å². The highest BCUT2D eigenvalue weighted by Gasteiger charge is 2.08. The summed E-state index contributed by atoms with van der Waals surface area (Å²) in [7, 11) is 0. The molecule has 1 aromatic heterocycles. The van der Waals surface area contributed by atoms with E-state index in [1.165, 1.54) is 4.88 Å². The molecule has 0 radical (unpaired) electrons. The van der Waals surface area contributed by atoms with Crippen LogP contribution >= 0.6 is 34.5 Å². The van der Waals surface area contributed by atoms with Crippen molar-refractivity contribution in [2.45, 2.75) is 19.6 Å². The molecule has 102 valence electrons. The summed E-state index contributed by atoms with van der Waals surface area (Å²) >= 11 is 13.7. The first-order valence-electron chi connectivity index (χ1n) is 6.00. The van der Waals surface area contributed by atoms with Crippen molar-refractivity contribution >= 4 is 34.5 Å². The van der Waals surface area contributed by atoms with Crippen molar-refractivity contribution in [2.75, 3.05) is 6.54 Å². The largest absolute Gasteiger partial charge is 0.488 e. The van der Waals surface area contributed by atoms with Crippen molar-refractivity contribution in [3.05, 3.63) is 50.6 Å². The first kappa shape index (κ1) is 14.7. The zero-order valence-corrected chi connectivity index (χ0v) is 12.9. The molecule has 5 heteroatoms. The lowest BCUT2D eigenvalue weighted by Gasteiger charge is -2.16. The molecular weight excluding hydrogens is 301 g/mol. The molecule has 2 nitrogen and oxygen atoms in total. The highest BCUT2D eigenvalue weighted by atomic mass is 35.5. The summed E-state index contributed by atoms with van der Waals surface area (Å²) in [6.45, 7) is 3.61. The van der Waals surface area contributed by atoms with Gasteiger partial charge in [0.25, 0.3) is 0 Å². The number of benzene rings is 1. The predicted octanol–water partition coefficient (Wildman–Crippen LogP) is 4.61. The van der Waals surface area contributed by atoms with E-state index >= 15 is 0 Å². The van der Waals surface area contributed by atoms with Gasteiger partial charge in [0.2, 0.25) is 0 Å². The third-order valence-corrected chi connectivity index (χ3v) is 3.96. The Kier molecular flexibility index (Phi) is 5.52. The molecule has 0 amide bonds. The predicted molar refractivity (Wildman–Crippen MR) is 82.6 cm³/mol. The van der Waals surface area contributed by atoms with Crippen molar-refractivity contribution in [3.8, 4) is 5.75 Å². The Labute approximate surface area is 127 Å². The zero-order valence-electron chi connectivity index (χ0n) is 10.5. The van der Waals surface area contributed by atoms with Gasteiger partial charge in [-0.05, 0) is 30.5 Å². The van der Waals surface area contributed by atoms with Crippen LogP contribution in [0.5, 0.6) is 5.75 Å². The van der Waals surface area contributed by atoms with E-state index < -0.39 is 0 Å². The van der Waals surface area contributed by atoms with Gasteiger partial charge < -0.3 is 10.1 Å². The molecule has 2 aromatic rings. The van der Waals surface area contributed by atoms with Gasteiger partial charge in [0, 0.05) is 29.1 Å². The maximum atomic E-state index is 6.05. The van der Waals surface area contributed by atoms with Crippen molar-refractivity contribution < 1.29 is 4.74 Å². The number of halogens is 2. The molecule has 0 aliphatic rings. The number of ether oxygens (including phenoxy) is 1. The summed E-state index contributed by atoms with van der Waals surface area (Å²) in [4.78, 5) is 1.31. The van der Waals surface area contributed by atoms with Crippen LogP contribution in [0.2, 0.25) is 10.0 Å². The van der Waals surface area contributed by atoms with Crippen LogP contribution in [0.25, 0.3) is 0 Å². The minimum atomic E-state index is 0.0240. The molecule has 0 aliphatic carbocycles. The lowest BCUT2D eigenvalue weighted by molar-refractivity contribution is 0.217. The Morgan fingerprint density at radius 2 is 2.16 bits per heavy atom. The maximum Gasteiger partial charge on any atom is 0.139 e. The highest BCUT2D eigenvalue weighted by molar-refractivity contribution is 7.09. The molecule has 1 heterocycles. The first-order valence-corrected chi connectivity index (χ1v) is 7.63. The van der Waals surface area contributed by atoms with E-state index in [0.29, 0.717) is 15.8 Å². The van der Waals surface area contributed by atoms with E-state index in [2.05, 4.69) is 16.8 Å². The average molecular weight is 316 g/mol. The van der Waals surface area contributed by atoms with Crippen LogP contribution in [0.15, 0.2) is 35.7 Å². The van der Waals surface area contributed by atoms with Crippen LogP contribution < -0.4 is 10.1 Å². The Morgan fingerprint density at radius 1 is 1.32 bits per heavy atom. The lowest BCUT2D eigenvalue weighted by Crippen LogP contribution is -2.28. The van der Waals surface area contributed by atoms with Gasteiger partial charge in [-0.15, -0.1) is 11.3 Å². The van der Waals surface area contributed by atoms with Gasteiger partial charge in [-0.3, -0.25) is 0 Å². The molecule has 19 heavy (non-hydrogen) atoms. The minimum Gasteiger partial charge on any atom is -0.488 e. The van der Waals surface area contributed by atoms with Gasteiger partial charge in [-0.1, -0.05) is 29.3 Å². The second-order valence-corrected chi connectivity index (χ2v) is 6.09. The second kappa shape index (κ2) is 7.15. The van der Waals surface area contributed by atoms with Crippen LogP contribution in [0.4, 0.5) is 0 Å². The lowest BCUT2D eigenvalue weighted by atomic mass is 10.3. The zero-order chi connectivity index (χ0) is 13.7. The second-order valence-electron chi connectivity index (χ2n) is 4.21. The molecule has 0 saturated carbocycles. The SMILES string of the molecule is CC(CNCc1cccs1)Oc1cc(Cl)ccc1Cl. The fraction of sp³-hybridized carbons (Fsp3) is 0.286. The monoisotopic (exact) mass is 315 g/mol. The molecular formula is C14H15Cl2NOS. The van der Waals surface area contributed by atoms with E-state index in [1.807, 2.05) is 13.0 Å². The van der Waals surface area contributed by atoms with E-state index in [-0.39, 0.29) is 6.10 Å². The van der Waals surface area contributed by atoms with Gasteiger partial charge in [0.05, 0.1) is 5.02 Å². The number of hydrogen-bond acceptors (Lipinski definition) is 3. The van der Waals surface area contributed by atoms with Crippen molar-refractivity contribution in [2.24, 2.45) is 0 Å². The average Bonchev–Trinajstić information content (AvgIpc) is 2.87. The Balaban J connectivity index is 1.80. The summed E-state index contributed by atoms with van der Waals surface area (Å²) in [6, 6.07) is 9.38. The van der Waals surface area contributed by atoms with E-state index in [9.17, 15) is 0 Å². The van der Waals surface area contributed by atoms with Crippen LogP contribution in [0.1, 0.15) is 11.8 Å². The Bertz CT molecular complexity index is 516. The quantitative estimate of drug-likeness (QED) is 0.840. The topological polar surface area (TPSA) is 21.3 Å². The Morgan fingerprint density at radius 3 is 2.89 bits per heavy atom. The van der Waals surface area contributed by atoms with Crippen LogP contribution in [0, 0.1) is 0 Å². The third kappa shape index (κ3) is 4.69. The smallest absolute Gasteiger partial charge is 0.139 e. The van der Waals surface area contributed by atoms with Crippen molar-refractivity contribution in [1.82, 2.24) is 5.32 Å². The van der Waals surface area contributed by atoms with E-state index in [4.69, 9.17) is 27.9 Å². The Hall–Kier alpha value is -0.740. The van der Waals surface area contributed by atoms with Crippen LogP contribution in [-0.2, 0) is 6.54 Å². The molecule has 1 N–H and O–H groups in total. The number of rotatable bonds is 6. The van der Waals surface area contributed by atoms with Crippen molar-refractivity contribution in [3.63, 3.8) is 0 Å². The fourth-order valence-electron chi connectivity index (χ4n) is 1.64. The van der Waals surface area contributed by atoms with Gasteiger partial charge >= 0.3 is 0 Å². The standard InChI is InChI=1S/C14H15Cl2NOS/c1-10(8-17-9-12-3-2-6-19-12)18-14-7-11(15)4-5-13(14)16/h2-7,10,17H,8-9H2,1H3. The van der Waals surface area contributed by atoms with Crippen LogP contribution in [0.3, 0.4) is 0 Å². The summed E-state index contributed by atoms with van der Waals surface area (Å²) < 4.78 is 5.77. The normalized spacial score (nSPS) is 12.4. The number of hydrogen-bond donors (Lipinski definition) is 1. The summed E-state index contributed by atoms with van der Waals surface area (Å²) in [6.07, 6.45) is 0.0240. The van der Waals surface area contributed by atoms with E-state index in [0.717, 1.165) is 13.1 Å². The molecule has 1 aromatic carbocycles. The fourth-order valence-corrected chi connectivity index (χ4v) is 2.64. The van der Waals surface area contributed by atoms with Gasteiger partial charge in [0.1, 0.15) is 11.9 Å². The minimum absolute atomic E-state index is 0.0240. The van der Waals surface area contributed by atoms with Gasteiger partial charge in [-0.25, -0.2) is 0 Å². The summed E-state index contributed by atoms with van der Waals surface area (Å²) in [5, 5.41) is 6.62. The molecule has 0 fully saturated rings. The highest BCUT2D eigenvalue weighted by Crippen LogP contribution is 2.28. The summed E-state index contributed by atoms with van der Waals surface area (Å²) in [5.41, 5.74) is 0. The maximum absolute atomic E-state index is 6.05. The third-order valence-electron chi connectivity index (χ3n) is 2.53. The first-order chi connectivity index (χ1) is 9.15. The number of thiophene rings is 1. The molecule has 1 atom stereocenters. The van der Waals surface area contributed by atoms with Gasteiger partial charge in [-0.2, -0.15) is 0 Å². The molecule has 1 unspecified atom stereocenters. The van der Waals surface area contributed by atoms with E-state index in [1.54, 1.807) is 29.5 Å².